The van der Waals surface area contributed by atoms with E-state index in [1.54, 1.807) is 30.3 Å². The third-order valence-electron chi connectivity index (χ3n) is 6.97. The quantitative estimate of drug-likeness (QED) is 0.0815. The molecule has 0 aromatic heterocycles. The number of carbonyl (C=O) groups is 4. The van der Waals surface area contributed by atoms with Crippen LogP contribution in [0.15, 0.2) is 97.1 Å². The van der Waals surface area contributed by atoms with Gasteiger partial charge in [0.1, 0.15) is 6.61 Å². The maximum Gasteiger partial charge on any atom is 0.412 e. The number of cyclic esters (lactones) is 1. The van der Waals surface area contributed by atoms with E-state index < -0.39 is 50.6 Å². The van der Waals surface area contributed by atoms with Gasteiger partial charge >= 0.3 is 12.1 Å². The van der Waals surface area contributed by atoms with Crippen LogP contribution in [0, 0.1) is 10.1 Å². The standard InChI is InChI=1S/C23H22ClN3O7S.C8H7NO2/c1-14(2)19(23(30)34-13-16-9-11-18(12-10-16)27(31)32)26-21(29)20(22(26)35(24)33)25(15(3)28)17-7-5-4-6-8-17;10-8-9-7(11-8)6-4-2-1-3-5-6/h4-12,19-20,22H,1,13H2,2-3H3;1-5,7H,(H,9,10). The number of hydrogen-bond donors (Lipinski definition) is 1. The second-order valence-electron chi connectivity index (χ2n) is 10.2. The molecule has 240 valence electrons. The van der Waals surface area contributed by atoms with Gasteiger partial charge in [-0.25, -0.2) is 9.59 Å². The SMILES string of the molecule is C=C(C)C(C(=O)OCc1ccc([N+](=O)[O-])cc1)N1C(=O)C(N(C(C)=O)c2ccccc2)C1[S+]([O-])Cl.O=C1NC(c2ccccc2)O1. The zero-order valence-corrected chi connectivity index (χ0v) is 26.2. The van der Waals surface area contributed by atoms with Crippen molar-refractivity contribution in [3.63, 3.8) is 0 Å². The van der Waals surface area contributed by atoms with Crippen LogP contribution in [0.4, 0.5) is 16.2 Å². The number of likely N-dealkylation sites (tertiary alicyclic amines) is 1. The van der Waals surface area contributed by atoms with Crippen LogP contribution in [0.5, 0.6) is 0 Å². The molecule has 2 fully saturated rings. The molecular formula is C31H29ClN4O9S. The van der Waals surface area contributed by atoms with Crippen LogP contribution < -0.4 is 10.2 Å². The molecule has 0 bridgehead atoms. The van der Waals surface area contributed by atoms with E-state index in [1.807, 2.05) is 30.3 Å². The Balaban J connectivity index is 0.000000363. The summed E-state index contributed by atoms with van der Waals surface area (Å²) in [6.07, 6.45) is -0.581. The summed E-state index contributed by atoms with van der Waals surface area (Å²) in [4.78, 5) is 61.4. The Morgan fingerprint density at radius 1 is 1.07 bits per heavy atom. The van der Waals surface area contributed by atoms with Gasteiger partial charge in [-0.15, -0.1) is 0 Å². The zero-order chi connectivity index (χ0) is 33.5. The Bertz CT molecular complexity index is 1600. The summed E-state index contributed by atoms with van der Waals surface area (Å²) in [5.41, 5.74) is 2.01. The first-order valence-electron chi connectivity index (χ1n) is 13.7. The number of ether oxygens (including phenoxy) is 2. The number of carbonyl (C=O) groups excluding carboxylic acids is 4. The largest absolute Gasteiger partial charge is 0.597 e. The molecule has 2 aliphatic heterocycles. The number of nitrogens with zero attached hydrogens (tertiary/aromatic N) is 3. The molecule has 0 spiro atoms. The summed E-state index contributed by atoms with van der Waals surface area (Å²) >= 11 is 0. The molecule has 1 N–H and O–H groups in total. The predicted octanol–water partition coefficient (Wildman–Crippen LogP) is 4.50. The Morgan fingerprint density at radius 3 is 2.11 bits per heavy atom. The number of halogens is 1. The van der Waals surface area contributed by atoms with Gasteiger partial charge in [-0.05, 0) is 42.3 Å². The molecule has 5 atom stereocenters. The van der Waals surface area contributed by atoms with Crippen LogP contribution in [0.25, 0.3) is 0 Å². The lowest BCUT2D eigenvalue weighted by atomic mass is 9.97. The highest BCUT2D eigenvalue weighted by Gasteiger charge is 2.62. The third-order valence-corrected chi connectivity index (χ3v) is 8.38. The minimum Gasteiger partial charge on any atom is -0.597 e. The van der Waals surface area contributed by atoms with E-state index in [9.17, 15) is 33.8 Å². The number of amides is 3. The number of benzene rings is 3. The van der Waals surface area contributed by atoms with Crippen molar-refractivity contribution in [2.75, 3.05) is 4.90 Å². The lowest BCUT2D eigenvalue weighted by molar-refractivity contribution is -0.384. The van der Waals surface area contributed by atoms with E-state index in [2.05, 4.69) is 11.9 Å². The second kappa shape index (κ2) is 14.9. The van der Waals surface area contributed by atoms with Crippen LogP contribution in [0.1, 0.15) is 31.2 Å². The average Bonchev–Trinajstić information content (AvgIpc) is 3.02. The molecule has 5 rings (SSSR count). The van der Waals surface area contributed by atoms with E-state index >= 15 is 0 Å². The van der Waals surface area contributed by atoms with Gasteiger partial charge in [0.15, 0.2) is 22.8 Å². The minimum absolute atomic E-state index is 0.113. The number of anilines is 1. The molecule has 3 aromatic rings. The van der Waals surface area contributed by atoms with Crippen molar-refractivity contribution >= 4 is 56.3 Å². The van der Waals surface area contributed by atoms with E-state index in [0.717, 1.165) is 10.5 Å². The van der Waals surface area contributed by atoms with Crippen LogP contribution in [0.2, 0.25) is 0 Å². The van der Waals surface area contributed by atoms with Gasteiger partial charge in [0.05, 0.1) is 15.3 Å². The molecule has 0 aliphatic carbocycles. The maximum absolute atomic E-state index is 13.2. The highest BCUT2D eigenvalue weighted by atomic mass is 35.7. The van der Waals surface area contributed by atoms with Crippen LogP contribution in [-0.4, -0.2) is 55.7 Å². The number of nitro benzene ring substituents is 1. The van der Waals surface area contributed by atoms with Gasteiger partial charge in [0, 0.05) is 30.3 Å². The van der Waals surface area contributed by atoms with Gasteiger partial charge in [0.25, 0.3) is 11.6 Å². The molecule has 3 amide bonds. The van der Waals surface area contributed by atoms with Crippen molar-refractivity contribution in [2.24, 2.45) is 0 Å². The van der Waals surface area contributed by atoms with Gasteiger partial charge in [0.2, 0.25) is 17.5 Å². The number of hydrogen-bond acceptors (Lipinski definition) is 9. The molecule has 0 saturated carbocycles. The van der Waals surface area contributed by atoms with Crippen LogP contribution in [-0.2, 0) is 40.9 Å². The summed E-state index contributed by atoms with van der Waals surface area (Å²) in [7, 11) is 3.80. The summed E-state index contributed by atoms with van der Waals surface area (Å²) in [6, 6.07) is 20.9. The lowest BCUT2D eigenvalue weighted by Crippen LogP contribution is -2.76. The normalized spacial score (nSPS) is 19.4. The fraction of sp³-hybridized carbons (Fsp3) is 0.226. The number of para-hydroxylation sites is 1. The van der Waals surface area contributed by atoms with Crippen molar-refractivity contribution in [2.45, 2.75) is 44.1 Å². The summed E-state index contributed by atoms with van der Waals surface area (Å²) in [5, 5.41) is 12.2. The van der Waals surface area contributed by atoms with Crippen LogP contribution in [0.3, 0.4) is 0 Å². The first-order chi connectivity index (χ1) is 21.9. The topological polar surface area (TPSA) is 171 Å². The number of non-ortho nitro benzene ring substituents is 1. The van der Waals surface area contributed by atoms with Crippen molar-refractivity contribution in [1.29, 1.82) is 0 Å². The first kappa shape index (κ1) is 34.0. The van der Waals surface area contributed by atoms with Gasteiger partial charge in [-0.1, -0.05) is 55.1 Å². The number of nitro groups is 1. The Labute approximate surface area is 271 Å². The zero-order valence-electron chi connectivity index (χ0n) is 24.6. The van der Waals surface area contributed by atoms with Crippen molar-refractivity contribution in [3.8, 4) is 0 Å². The minimum atomic E-state index is -2.15. The Kier molecular flexibility index (Phi) is 11.0. The summed E-state index contributed by atoms with van der Waals surface area (Å²) in [5.74, 6) is -1.94. The molecule has 2 saturated heterocycles. The Hall–Kier alpha value is -4.92. The highest BCUT2D eigenvalue weighted by molar-refractivity contribution is 8.14. The fourth-order valence-corrected chi connectivity index (χ4v) is 6.19. The molecular weight excluding hydrogens is 640 g/mol. The number of β-lactam (4-membered cyclic amide) rings is 1. The third kappa shape index (κ3) is 7.65. The van der Waals surface area contributed by atoms with Gasteiger partial charge in [-0.2, -0.15) is 0 Å². The molecule has 13 nitrogen and oxygen atoms in total. The smallest absolute Gasteiger partial charge is 0.412 e. The second-order valence-corrected chi connectivity index (χ2v) is 12.1. The lowest BCUT2D eigenvalue weighted by Gasteiger charge is -2.50. The monoisotopic (exact) mass is 668 g/mol. The number of esters is 1. The van der Waals surface area contributed by atoms with Gasteiger partial charge < -0.3 is 14.0 Å². The van der Waals surface area contributed by atoms with Crippen molar-refractivity contribution in [1.82, 2.24) is 10.2 Å². The number of nitrogens with one attached hydrogen (secondary N) is 1. The molecule has 3 aromatic carbocycles. The molecule has 5 unspecified atom stereocenters. The Morgan fingerprint density at radius 2 is 1.63 bits per heavy atom. The van der Waals surface area contributed by atoms with Crippen molar-refractivity contribution in [3.05, 3.63) is 118 Å². The first-order valence-corrected chi connectivity index (χ1v) is 15.8. The molecule has 46 heavy (non-hydrogen) atoms. The van der Waals surface area contributed by atoms with E-state index in [4.69, 9.17) is 20.2 Å². The van der Waals surface area contributed by atoms with Crippen molar-refractivity contribution < 1.29 is 38.1 Å². The fourth-order valence-electron chi connectivity index (χ4n) is 4.80. The van der Waals surface area contributed by atoms with E-state index in [1.165, 1.54) is 43.0 Å². The maximum atomic E-state index is 13.2. The van der Waals surface area contributed by atoms with Crippen LogP contribution >= 0.6 is 10.7 Å². The summed E-state index contributed by atoms with van der Waals surface area (Å²) in [6.45, 7) is 6.32. The predicted molar refractivity (Wildman–Crippen MR) is 168 cm³/mol. The molecule has 0 radical (unpaired) electrons. The summed E-state index contributed by atoms with van der Waals surface area (Å²) < 4.78 is 22.6. The van der Waals surface area contributed by atoms with E-state index in [0.29, 0.717) is 11.3 Å². The van der Waals surface area contributed by atoms with E-state index in [-0.39, 0.29) is 30.2 Å². The average molecular weight is 669 g/mol. The molecule has 2 heterocycles. The van der Waals surface area contributed by atoms with Gasteiger partial charge in [-0.3, -0.25) is 34.8 Å². The highest BCUT2D eigenvalue weighted by Crippen LogP contribution is 2.37. The molecule has 15 heteroatoms. The number of rotatable bonds is 10. The molecule has 2 aliphatic rings.